The van der Waals surface area contributed by atoms with E-state index in [1.165, 1.54) is 6.20 Å². The zero-order valence-electron chi connectivity index (χ0n) is 19.1. The zero-order valence-corrected chi connectivity index (χ0v) is 20.7. The van der Waals surface area contributed by atoms with Gasteiger partial charge < -0.3 is 24.2 Å². The number of carbonyl (C=O) groups is 1. The van der Waals surface area contributed by atoms with Gasteiger partial charge in [-0.15, -0.1) is 11.3 Å². The first-order chi connectivity index (χ1) is 17.0. The summed E-state index contributed by atoms with van der Waals surface area (Å²) >= 11 is 1.46. The summed E-state index contributed by atoms with van der Waals surface area (Å²) in [7, 11) is 1.56. The van der Waals surface area contributed by atoms with Gasteiger partial charge in [0.25, 0.3) is 5.91 Å². The first kappa shape index (κ1) is 26.7. The molecule has 0 saturated carbocycles. The molecule has 0 radical (unpaired) electrons. The van der Waals surface area contributed by atoms with E-state index in [-0.39, 0.29) is 11.6 Å². The summed E-state index contributed by atoms with van der Waals surface area (Å²) < 4.78 is 43.7. The van der Waals surface area contributed by atoms with Gasteiger partial charge in [-0.1, -0.05) is 12.1 Å². The Morgan fingerprint density at radius 3 is 2.86 bits per heavy atom. The van der Waals surface area contributed by atoms with Crippen molar-refractivity contribution in [3.05, 3.63) is 53.4 Å². The molecule has 2 N–H and O–H groups in total. The fourth-order valence-electron chi connectivity index (χ4n) is 2.90. The predicted octanol–water partition coefficient (Wildman–Crippen LogP) is 4.42. The average molecular weight is 526 g/mol. The lowest BCUT2D eigenvalue weighted by molar-refractivity contribution is 0.0558. The predicted molar refractivity (Wildman–Crippen MR) is 131 cm³/mol. The number of nitrogens with zero attached hydrogens (tertiary/aromatic N) is 3. The standard InChI is InChI=1S/C22H25F2N5O4S2/c1-3-33-19-12-25-10-16(27-19)18-11-26-21(34-18)20(30)28-17(13-32-8-7-31-2)14-5-4-6-15(9-14)29-35-22(23)24/h4-6,9-12,17,22,29H,3,7-8,13H2,1-2H3,(H,28,30). The van der Waals surface area contributed by atoms with Gasteiger partial charge in [-0.2, -0.15) is 8.78 Å². The van der Waals surface area contributed by atoms with Crippen LogP contribution in [0, 0.1) is 0 Å². The van der Waals surface area contributed by atoms with E-state index in [0.29, 0.717) is 59.5 Å². The molecule has 0 bridgehead atoms. The number of hydrogen-bond acceptors (Lipinski definition) is 10. The Morgan fingerprint density at radius 2 is 2.09 bits per heavy atom. The molecule has 13 heteroatoms. The maximum absolute atomic E-state index is 13.0. The number of benzene rings is 1. The lowest BCUT2D eigenvalue weighted by Crippen LogP contribution is -2.32. The van der Waals surface area contributed by atoms with Crippen LogP contribution < -0.4 is 14.8 Å². The van der Waals surface area contributed by atoms with Crippen LogP contribution in [0.5, 0.6) is 5.88 Å². The zero-order chi connectivity index (χ0) is 25.0. The van der Waals surface area contributed by atoms with Crippen LogP contribution in [0.4, 0.5) is 14.5 Å². The van der Waals surface area contributed by atoms with Crippen molar-refractivity contribution in [1.82, 2.24) is 20.3 Å². The third-order valence-corrected chi connectivity index (χ3v) is 5.98. The Balaban J connectivity index is 1.74. The summed E-state index contributed by atoms with van der Waals surface area (Å²) in [5, 5.41) is 3.14. The number of hydrogen-bond donors (Lipinski definition) is 2. The number of ether oxygens (including phenoxy) is 3. The largest absolute Gasteiger partial charge is 0.477 e. The van der Waals surface area contributed by atoms with Crippen LogP contribution in [0.2, 0.25) is 0 Å². The van der Waals surface area contributed by atoms with E-state index in [0.717, 1.165) is 11.3 Å². The quantitative estimate of drug-likeness (QED) is 0.234. The lowest BCUT2D eigenvalue weighted by atomic mass is 10.1. The topological polar surface area (TPSA) is 107 Å². The number of aromatic nitrogens is 3. The number of alkyl halides is 2. The van der Waals surface area contributed by atoms with Crippen LogP contribution in [0.3, 0.4) is 0 Å². The van der Waals surface area contributed by atoms with Crippen molar-refractivity contribution >= 4 is 34.9 Å². The molecule has 35 heavy (non-hydrogen) atoms. The molecular weight excluding hydrogens is 500 g/mol. The molecule has 1 atom stereocenters. The van der Waals surface area contributed by atoms with Crippen molar-refractivity contribution in [1.29, 1.82) is 0 Å². The number of thiazole rings is 1. The SMILES string of the molecule is CCOc1cncc(-c2cnc(C(=O)NC(COCCOC)c3cccc(NSC(F)F)c3)s2)n1. The fourth-order valence-corrected chi connectivity index (χ4v) is 4.02. The molecule has 9 nitrogen and oxygen atoms in total. The summed E-state index contributed by atoms with van der Waals surface area (Å²) in [5.41, 5.74) is 1.71. The highest BCUT2D eigenvalue weighted by atomic mass is 32.2. The summed E-state index contributed by atoms with van der Waals surface area (Å²) in [6.07, 6.45) is 4.63. The van der Waals surface area contributed by atoms with Crippen LogP contribution >= 0.6 is 23.3 Å². The van der Waals surface area contributed by atoms with Gasteiger partial charge in [0.2, 0.25) is 5.88 Å². The van der Waals surface area contributed by atoms with Gasteiger partial charge in [-0.05, 0) is 24.6 Å². The highest BCUT2D eigenvalue weighted by Crippen LogP contribution is 2.27. The molecule has 1 amide bonds. The van der Waals surface area contributed by atoms with Gasteiger partial charge in [-0.3, -0.25) is 9.78 Å². The molecule has 3 rings (SSSR count). The Bertz CT molecular complexity index is 1090. The Labute approximate surface area is 209 Å². The van der Waals surface area contributed by atoms with Gasteiger partial charge in [0, 0.05) is 30.9 Å². The van der Waals surface area contributed by atoms with Gasteiger partial charge in [0.05, 0.1) is 49.7 Å². The normalized spacial score (nSPS) is 11.9. The molecule has 1 aromatic carbocycles. The van der Waals surface area contributed by atoms with E-state index in [2.05, 4.69) is 25.0 Å². The molecule has 1 unspecified atom stereocenters. The molecule has 2 heterocycles. The number of methoxy groups -OCH3 is 1. The maximum Gasteiger partial charge on any atom is 0.302 e. The number of halogens is 2. The first-order valence-corrected chi connectivity index (χ1v) is 12.3. The second-order valence-electron chi connectivity index (χ2n) is 6.91. The number of nitrogens with one attached hydrogen (secondary N) is 2. The van der Waals surface area contributed by atoms with E-state index in [9.17, 15) is 13.6 Å². The fraction of sp³-hybridized carbons (Fsp3) is 0.364. The Kier molecular flexibility index (Phi) is 10.6. The summed E-state index contributed by atoms with van der Waals surface area (Å²) in [6, 6.07) is 6.29. The van der Waals surface area contributed by atoms with Gasteiger partial charge in [-0.25, -0.2) is 9.97 Å². The minimum atomic E-state index is -2.57. The second-order valence-corrected chi connectivity index (χ2v) is 8.73. The first-order valence-electron chi connectivity index (χ1n) is 10.6. The van der Waals surface area contributed by atoms with Gasteiger partial charge in [0.1, 0.15) is 5.69 Å². The van der Waals surface area contributed by atoms with Crippen LogP contribution in [0.25, 0.3) is 10.6 Å². The summed E-state index contributed by atoms with van der Waals surface area (Å²) in [6.45, 7) is 3.19. The van der Waals surface area contributed by atoms with Crippen molar-refractivity contribution in [3.63, 3.8) is 0 Å². The van der Waals surface area contributed by atoms with Crippen LogP contribution in [-0.4, -0.2) is 60.2 Å². The van der Waals surface area contributed by atoms with Crippen molar-refractivity contribution < 1.29 is 27.8 Å². The van der Waals surface area contributed by atoms with E-state index >= 15 is 0 Å². The second kappa shape index (κ2) is 13.9. The van der Waals surface area contributed by atoms with E-state index in [1.807, 2.05) is 6.92 Å². The highest BCUT2D eigenvalue weighted by molar-refractivity contribution is 8.00. The Morgan fingerprint density at radius 1 is 1.23 bits per heavy atom. The highest BCUT2D eigenvalue weighted by Gasteiger charge is 2.20. The number of anilines is 1. The number of carbonyl (C=O) groups excluding carboxylic acids is 1. The lowest BCUT2D eigenvalue weighted by Gasteiger charge is -2.20. The molecular formula is C22H25F2N5O4S2. The molecule has 0 aliphatic heterocycles. The van der Waals surface area contributed by atoms with Crippen molar-refractivity contribution in [2.45, 2.75) is 18.7 Å². The molecule has 188 valence electrons. The molecule has 0 spiro atoms. The number of rotatable bonds is 14. The third kappa shape index (κ3) is 8.38. The van der Waals surface area contributed by atoms with Crippen molar-refractivity contribution in [3.8, 4) is 16.5 Å². The average Bonchev–Trinajstić information content (AvgIpc) is 3.36. The molecule has 0 saturated heterocycles. The summed E-state index contributed by atoms with van der Waals surface area (Å²) in [5.74, 6) is -2.59. The molecule has 0 aliphatic carbocycles. The monoisotopic (exact) mass is 525 g/mol. The Hall–Kier alpha value is -2.87. The molecule has 3 aromatic rings. The van der Waals surface area contributed by atoms with Gasteiger partial charge in [0.15, 0.2) is 5.01 Å². The molecule has 2 aromatic heterocycles. The van der Waals surface area contributed by atoms with E-state index in [1.54, 1.807) is 43.8 Å². The van der Waals surface area contributed by atoms with Crippen molar-refractivity contribution in [2.75, 3.05) is 38.3 Å². The molecule has 0 fully saturated rings. The van der Waals surface area contributed by atoms with Crippen LogP contribution in [0.1, 0.15) is 28.3 Å². The van der Waals surface area contributed by atoms with Gasteiger partial charge >= 0.3 is 5.76 Å². The van der Waals surface area contributed by atoms with Crippen LogP contribution in [-0.2, 0) is 9.47 Å². The van der Waals surface area contributed by atoms with Crippen molar-refractivity contribution in [2.24, 2.45) is 0 Å². The van der Waals surface area contributed by atoms with E-state index < -0.39 is 17.7 Å². The van der Waals surface area contributed by atoms with E-state index in [4.69, 9.17) is 14.2 Å². The third-order valence-electron chi connectivity index (χ3n) is 4.43. The summed E-state index contributed by atoms with van der Waals surface area (Å²) in [4.78, 5) is 26.4. The van der Waals surface area contributed by atoms with Crippen LogP contribution in [0.15, 0.2) is 42.9 Å². The maximum atomic E-state index is 13.0. The smallest absolute Gasteiger partial charge is 0.302 e. The minimum Gasteiger partial charge on any atom is -0.477 e. The number of amides is 1. The molecule has 0 aliphatic rings. The minimum absolute atomic E-state index is 0.153.